The lowest BCUT2D eigenvalue weighted by Gasteiger charge is -2.19. The quantitative estimate of drug-likeness (QED) is 0.505. The predicted octanol–water partition coefficient (Wildman–Crippen LogP) is 3.08. The van der Waals surface area contributed by atoms with Crippen LogP contribution in [-0.4, -0.2) is 35.7 Å². The summed E-state index contributed by atoms with van der Waals surface area (Å²) in [6.07, 6.45) is -0.603. The molecular formula is C16H20N2O5. The van der Waals surface area contributed by atoms with Gasteiger partial charge >= 0.3 is 12.1 Å². The Morgan fingerprint density at radius 3 is 2.48 bits per heavy atom. The van der Waals surface area contributed by atoms with Crippen LogP contribution in [0.15, 0.2) is 41.4 Å². The maximum Gasteiger partial charge on any atom is 0.412 e. The van der Waals surface area contributed by atoms with Crippen LogP contribution in [0.5, 0.6) is 5.75 Å². The number of hydrogen-bond acceptors (Lipinski definition) is 5. The van der Waals surface area contributed by atoms with Gasteiger partial charge < -0.3 is 14.6 Å². The van der Waals surface area contributed by atoms with Crippen LogP contribution < -0.4 is 10.1 Å². The third-order valence-corrected chi connectivity index (χ3v) is 2.41. The fraction of sp³-hybridized carbons (Fsp3) is 0.312. The van der Waals surface area contributed by atoms with Gasteiger partial charge in [0.25, 0.3) is 0 Å². The first-order chi connectivity index (χ1) is 10.6. The molecule has 0 aromatic heterocycles. The van der Waals surface area contributed by atoms with Gasteiger partial charge in [-0.2, -0.15) is 0 Å². The lowest BCUT2D eigenvalue weighted by Crippen LogP contribution is -2.27. The number of aliphatic carboxylic acids is 1. The van der Waals surface area contributed by atoms with Crippen molar-refractivity contribution in [1.29, 1.82) is 0 Å². The molecular weight excluding hydrogens is 300 g/mol. The minimum absolute atomic E-state index is 0.119. The predicted molar refractivity (Wildman–Crippen MR) is 87.1 cm³/mol. The molecule has 0 heterocycles. The molecule has 0 aliphatic heterocycles. The monoisotopic (exact) mass is 320 g/mol. The molecule has 0 saturated heterocycles. The highest BCUT2D eigenvalue weighted by molar-refractivity contribution is 6.15. The summed E-state index contributed by atoms with van der Waals surface area (Å²) in [4.78, 5) is 26.4. The van der Waals surface area contributed by atoms with E-state index < -0.39 is 17.7 Å². The summed E-state index contributed by atoms with van der Waals surface area (Å²) in [5, 5.41) is 11.5. The fourth-order valence-electron chi connectivity index (χ4n) is 1.50. The summed E-state index contributed by atoms with van der Waals surface area (Å²) in [6, 6.07) is 6.40. The van der Waals surface area contributed by atoms with Crippen molar-refractivity contribution in [1.82, 2.24) is 0 Å². The van der Waals surface area contributed by atoms with E-state index in [1.54, 1.807) is 39.0 Å². The second kappa shape index (κ2) is 7.44. The van der Waals surface area contributed by atoms with Gasteiger partial charge in [-0.15, -0.1) is 0 Å². The molecule has 0 fully saturated rings. The summed E-state index contributed by atoms with van der Waals surface area (Å²) < 4.78 is 10.5. The zero-order valence-corrected chi connectivity index (χ0v) is 13.5. The van der Waals surface area contributed by atoms with Crippen molar-refractivity contribution in [2.75, 3.05) is 12.4 Å². The smallest absolute Gasteiger partial charge is 0.412 e. The Labute approximate surface area is 134 Å². The first-order valence-corrected chi connectivity index (χ1v) is 6.79. The van der Waals surface area contributed by atoms with E-state index >= 15 is 0 Å². The second-order valence-electron chi connectivity index (χ2n) is 5.57. The molecule has 0 bridgehead atoms. The highest BCUT2D eigenvalue weighted by atomic mass is 16.6. The average Bonchev–Trinajstić information content (AvgIpc) is 2.42. The molecule has 23 heavy (non-hydrogen) atoms. The van der Waals surface area contributed by atoms with E-state index in [0.29, 0.717) is 11.4 Å². The summed E-state index contributed by atoms with van der Waals surface area (Å²) in [6.45, 7) is 8.66. The molecule has 1 aromatic rings. The lowest BCUT2D eigenvalue weighted by atomic mass is 10.2. The molecule has 0 radical (unpaired) electrons. The largest absolute Gasteiger partial charge is 0.478 e. The highest BCUT2D eigenvalue weighted by Crippen LogP contribution is 2.19. The number of amides is 1. The summed E-state index contributed by atoms with van der Waals surface area (Å²) in [7, 11) is 1.40. The third kappa shape index (κ3) is 6.21. The van der Waals surface area contributed by atoms with Gasteiger partial charge in [-0.3, -0.25) is 10.3 Å². The van der Waals surface area contributed by atoms with Crippen LogP contribution in [0, 0.1) is 0 Å². The van der Waals surface area contributed by atoms with Gasteiger partial charge in [0.15, 0.2) is 0 Å². The van der Waals surface area contributed by atoms with E-state index in [1.165, 1.54) is 13.1 Å². The summed E-state index contributed by atoms with van der Waals surface area (Å²) in [5.41, 5.74) is -0.439. The minimum Gasteiger partial charge on any atom is -0.478 e. The van der Waals surface area contributed by atoms with E-state index in [-0.39, 0.29) is 11.5 Å². The molecule has 124 valence electrons. The Bertz CT molecular complexity index is 644. The molecule has 0 aliphatic rings. The summed E-state index contributed by atoms with van der Waals surface area (Å²) >= 11 is 0. The van der Waals surface area contributed by atoms with Crippen LogP contribution in [-0.2, 0) is 9.53 Å². The fourth-order valence-corrected chi connectivity index (χ4v) is 1.50. The topological polar surface area (TPSA) is 97.2 Å². The van der Waals surface area contributed by atoms with Gasteiger partial charge in [0.1, 0.15) is 16.9 Å². The van der Waals surface area contributed by atoms with Crippen molar-refractivity contribution in [3.63, 3.8) is 0 Å². The maximum atomic E-state index is 11.7. The molecule has 0 spiro atoms. The zero-order chi connectivity index (χ0) is 17.6. The van der Waals surface area contributed by atoms with Gasteiger partial charge in [0.05, 0.1) is 0 Å². The van der Waals surface area contributed by atoms with Crippen LogP contribution in [0.2, 0.25) is 0 Å². The van der Waals surface area contributed by atoms with Crippen LogP contribution in [0.3, 0.4) is 0 Å². The van der Waals surface area contributed by atoms with Crippen LogP contribution in [0.25, 0.3) is 0 Å². The van der Waals surface area contributed by atoms with Gasteiger partial charge in [0, 0.05) is 18.8 Å². The Hall–Kier alpha value is -2.83. The number of carboxylic acid groups (broad SMARTS) is 1. The molecule has 1 aromatic carbocycles. The molecule has 0 atom stereocenters. The van der Waals surface area contributed by atoms with Crippen molar-refractivity contribution >= 4 is 23.6 Å². The number of carbonyl (C=O) groups excluding carboxylic acids is 1. The first kappa shape index (κ1) is 18.2. The number of anilines is 1. The van der Waals surface area contributed by atoms with Crippen LogP contribution in [0.1, 0.15) is 20.8 Å². The van der Waals surface area contributed by atoms with Gasteiger partial charge in [0.2, 0.25) is 5.90 Å². The molecule has 0 unspecified atom stereocenters. The zero-order valence-electron chi connectivity index (χ0n) is 13.5. The molecule has 1 amide bonds. The van der Waals surface area contributed by atoms with E-state index in [1.807, 2.05) is 0 Å². The van der Waals surface area contributed by atoms with E-state index in [0.717, 1.165) is 0 Å². The SMILES string of the molecule is C=C(C(=O)O)C(=NC)Oc1cccc(NC(=O)OC(C)(C)C)c1. The lowest BCUT2D eigenvalue weighted by molar-refractivity contribution is -0.132. The van der Waals surface area contributed by atoms with E-state index in [9.17, 15) is 9.59 Å². The molecule has 0 aliphatic carbocycles. The van der Waals surface area contributed by atoms with Crippen molar-refractivity contribution in [3.8, 4) is 5.75 Å². The number of carboxylic acids is 1. The standard InChI is InChI=1S/C16H20N2O5/c1-10(14(19)20)13(17-5)22-12-8-6-7-11(9-12)18-15(21)23-16(2,3)4/h6-9H,1H2,2-5H3,(H,18,21)(H,19,20). The normalized spacial score (nSPS) is 11.6. The molecule has 7 heteroatoms. The van der Waals surface area contributed by atoms with E-state index in [4.69, 9.17) is 14.6 Å². The Kier molecular flexibility index (Phi) is 5.89. The maximum absolute atomic E-state index is 11.7. The number of rotatable bonds is 4. The van der Waals surface area contributed by atoms with E-state index in [2.05, 4.69) is 16.9 Å². The highest BCUT2D eigenvalue weighted by Gasteiger charge is 2.17. The molecule has 2 N–H and O–H groups in total. The first-order valence-electron chi connectivity index (χ1n) is 6.79. The van der Waals surface area contributed by atoms with Crippen LogP contribution >= 0.6 is 0 Å². The van der Waals surface area contributed by atoms with Crippen molar-refractivity contribution in [3.05, 3.63) is 36.4 Å². The number of aliphatic imine (C=N–C) groups is 1. The Balaban J connectivity index is 2.83. The minimum atomic E-state index is -1.23. The van der Waals surface area contributed by atoms with Gasteiger partial charge in [-0.1, -0.05) is 12.6 Å². The molecule has 1 rings (SSSR count). The number of nitrogens with zero attached hydrogens (tertiary/aromatic N) is 1. The van der Waals surface area contributed by atoms with Crippen molar-refractivity contribution in [2.24, 2.45) is 4.99 Å². The van der Waals surface area contributed by atoms with Crippen LogP contribution in [0.4, 0.5) is 10.5 Å². The third-order valence-electron chi connectivity index (χ3n) is 2.41. The number of nitrogens with one attached hydrogen (secondary N) is 1. The summed E-state index contributed by atoms with van der Waals surface area (Å²) in [5.74, 6) is -1.04. The van der Waals surface area contributed by atoms with Crippen molar-refractivity contribution in [2.45, 2.75) is 26.4 Å². The Morgan fingerprint density at radius 2 is 1.96 bits per heavy atom. The van der Waals surface area contributed by atoms with Gasteiger partial charge in [-0.05, 0) is 32.9 Å². The van der Waals surface area contributed by atoms with Gasteiger partial charge in [-0.25, -0.2) is 9.59 Å². The number of ether oxygens (including phenoxy) is 2. The number of benzene rings is 1. The second-order valence-corrected chi connectivity index (χ2v) is 5.57. The Morgan fingerprint density at radius 1 is 1.30 bits per heavy atom. The number of carbonyl (C=O) groups is 2. The molecule has 7 nitrogen and oxygen atoms in total. The van der Waals surface area contributed by atoms with Crippen molar-refractivity contribution < 1.29 is 24.2 Å². The average molecular weight is 320 g/mol. The molecule has 0 saturated carbocycles. The number of hydrogen-bond donors (Lipinski definition) is 2.